The van der Waals surface area contributed by atoms with E-state index in [1.807, 2.05) is 25.1 Å². The molecular formula is C21H18Cl2N2O4S. The number of hydrogen-bond acceptors (Lipinski definition) is 4. The Hall–Kier alpha value is -2.74. The van der Waals surface area contributed by atoms with E-state index < -0.39 is 10.0 Å². The van der Waals surface area contributed by atoms with Crippen molar-refractivity contribution >= 4 is 50.5 Å². The summed E-state index contributed by atoms with van der Waals surface area (Å²) in [6.07, 6.45) is 0. The Balaban J connectivity index is 1.59. The number of anilines is 2. The van der Waals surface area contributed by atoms with Gasteiger partial charge in [0.25, 0.3) is 15.9 Å². The summed E-state index contributed by atoms with van der Waals surface area (Å²) in [5.41, 5.74) is 2.00. The van der Waals surface area contributed by atoms with Gasteiger partial charge in [-0.25, -0.2) is 8.42 Å². The van der Waals surface area contributed by atoms with E-state index in [1.165, 1.54) is 42.5 Å². The van der Waals surface area contributed by atoms with E-state index in [4.69, 9.17) is 27.9 Å². The van der Waals surface area contributed by atoms with Crippen LogP contribution in [0.5, 0.6) is 5.75 Å². The van der Waals surface area contributed by atoms with Gasteiger partial charge in [0.15, 0.2) is 6.61 Å². The topological polar surface area (TPSA) is 84.5 Å². The fourth-order valence-corrected chi connectivity index (χ4v) is 3.91. The maximum atomic E-state index is 12.5. The van der Waals surface area contributed by atoms with E-state index in [9.17, 15) is 13.2 Å². The van der Waals surface area contributed by atoms with Crippen LogP contribution in [-0.4, -0.2) is 20.9 Å². The molecule has 0 bridgehead atoms. The highest BCUT2D eigenvalue weighted by Crippen LogP contribution is 2.27. The largest absolute Gasteiger partial charge is 0.484 e. The summed E-state index contributed by atoms with van der Waals surface area (Å²) in [5, 5.41) is 3.30. The lowest BCUT2D eigenvalue weighted by atomic mass is 10.2. The molecule has 0 unspecified atom stereocenters. The number of sulfonamides is 1. The number of nitrogens with one attached hydrogen (secondary N) is 2. The van der Waals surface area contributed by atoms with Crippen molar-refractivity contribution in [2.75, 3.05) is 16.6 Å². The molecule has 1 amide bonds. The summed E-state index contributed by atoms with van der Waals surface area (Å²) >= 11 is 11.8. The number of hydrogen-bond donors (Lipinski definition) is 2. The van der Waals surface area contributed by atoms with Gasteiger partial charge in [0.1, 0.15) is 5.75 Å². The molecule has 0 aliphatic heterocycles. The van der Waals surface area contributed by atoms with E-state index in [0.717, 1.165) is 5.56 Å². The number of ether oxygens (including phenoxy) is 1. The Labute approximate surface area is 184 Å². The van der Waals surface area contributed by atoms with Crippen molar-refractivity contribution in [2.45, 2.75) is 11.8 Å². The first kappa shape index (κ1) is 22.0. The Bertz CT molecular complexity index is 1170. The third kappa shape index (κ3) is 5.89. The normalized spacial score (nSPS) is 11.0. The van der Waals surface area contributed by atoms with Crippen LogP contribution < -0.4 is 14.8 Å². The molecule has 156 valence electrons. The molecular weight excluding hydrogens is 447 g/mol. The van der Waals surface area contributed by atoms with Gasteiger partial charge in [-0.2, -0.15) is 0 Å². The van der Waals surface area contributed by atoms with Crippen molar-refractivity contribution in [1.29, 1.82) is 0 Å². The number of rotatable bonds is 7. The average molecular weight is 465 g/mol. The predicted octanol–water partition coefficient (Wildman–Crippen LogP) is 5.12. The highest BCUT2D eigenvalue weighted by atomic mass is 35.5. The second-order valence-electron chi connectivity index (χ2n) is 6.41. The lowest BCUT2D eigenvalue weighted by molar-refractivity contribution is -0.118. The number of halogens is 2. The summed E-state index contributed by atoms with van der Waals surface area (Å²) < 4.78 is 32.9. The van der Waals surface area contributed by atoms with E-state index in [0.29, 0.717) is 16.5 Å². The monoisotopic (exact) mass is 464 g/mol. The van der Waals surface area contributed by atoms with Crippen molar-refractivity contribution in [3.05, 3.63) is 82.3 Å². The summed E-state index contributed by atoms with van der Waals surface area (Å²) in [6.45, 7) is 1.72. The standard InChI is InChI=1S/C21H18Cl2N2O4S/c1-14-3-2-4-15(11-14)24-21(26)13-29-17-6-8-18(9-7-17)30(27,28)25-16-5-10-19(22)20(23)12-16/h2-12,25H,13H2,1H3,(H,24,26). The third-order valence-electron chi connectivity index (χ3n) is 3.98. The minimum atomic E-state index is -3.82. The van der Waals surface area contributed by atoms with Gasteiger partial charge >= 0.3 is 0 Å². The van der Waals surface area contributed by atoms with Crippen LogP contribution in [0.2, 0.25) is 10.0 Å². The molecule has 0 aromatic heterocycles. The fraction of sp³-hybridized carbons (Fsp3) is 0.0952. The molecule has 3 aromatic carbocycles. The van der Waals surface area contributed by atoms with Crippen LogP contribution in [0.25, 0.3) is 0 Å². The predicted molar refractivity (Wildman–Crippen MR) is 119 cm³/mol. The van der Waals surface area contributed by atoms with E-state index in [2.05, 4.69) is 10.0 Å². The summed E-state index contributed by atoms with van der Waals surface area (Å²) in [4.78, 5) is 12.0. The molecule has 3 rings (SSSR count). The number of aryl methyl sites for hydroxylation is 1. The van der Waals surface area contributed by atoms with Gasteiger partial charge < -0.3 is 10.1 Å². The first-order valence-electron chi connectivity index (χ1n) is 8.80. The first-order chi connectivity index (χ1) is 14.2. The lowest BCUT2D eigenvalue weighted by Gasteiger charge is -2.11. The highest BCUT2D eigenvalue weighted by Gasteiger charge is 2.15. The van der Waals surface area contributed by atoms with Crippen molar-refractivity contribution < 1.29 is 17.9 Å². The van der Waals surface area contributed by atoms with Gasteiger partial charge in [-0.05, 0) is 67.1 Å². The zero-order chi connectivity index (χ0) is 21.7. The van der Waals surface area contributed by atoms with Crippen molar-refractivity contribution in [3.63, 3.8) is 0 Å². The molecule has 0 aliphatic carbocycles. The van der Waals surface area contributed by atoms with Crippen LogP contribution >= 0.6 is 23.2 Å². The second-order valence-corrected chi connectivity index (χ2v) is 8.91. The number of carbonyl (C=O) groups excluding carboxylic acids is 1. The molecule has 2 N–H and O–H groups in total. The average Bonchev–Trinajstić information content (AvgIpc) is 2.69. The molecule has 0 fully saturated rings. The van der Waals surface area contributed by atoms with Crippen LogP contribution in [0.4, 0.5) is 11.4 Å². The molecule has 0 radical (unpaired) electrons. The minimum Gasteiger partial charge on any atom is -0.484 e. The van der Waals surface area contributed by atoms with Gasteiger partial charge in [-0.1, -0.05) is 35.3 Å². The zero-order valence-corrected chi connectivity index (χ0v) is 18.2. The second kappa shape index (κ2) is 9.38. The Morgan fingerprint density at radius 3 is 2.33 bits per heavy atom. The minimum absolute atomic E-state index is 0.0325. The Morgan fingerprint density at radius 1 is 0.933 bits per heavy atom. The maximum absolute atomic E-state index is 12.5. The molecule has 30 heavy (non-hydrogen) atoms. The van der Waals surface area contributed by atoms with Crippen LogP contribution in [0.15, 0.2) is 71.6 Å². The first-order valence-corrected chi connectivity index (χ1v) is 11.0. The van der Waals surface area contributed by atoms with Crippen molar-refractivity contribution in [1.82, 2.24) is 0 Å². The van der Waals surface area contributed by atoms with Crippen LogP contribution in [0.1, 0.15) is 5.56 Å². The van der Waals surface area contributed by atoms with E-state index in [1.54, 1.807) is 6.07 Å². The van der Waals surface area contributed by atoms with Crippen LogP contribution in [0, 0.1) is 6.92 Å². The van der Waals surface area contributed by atoms with Gasteiger partial charge in [0.2, 0.25) is 0 Å². The van der Waals surface area contributed by atoms with Gasteiger partial charge in [0, 0.05) is 5.69 Å². The van der Waals surface area contributed by atoms with Gasteiger partial charge in [0.05, 0.1) is 20.6 Å². The smallest absolute Gasteiger partial charge is 0.262 e. The highest BCUT2D eigenvalue weighted by molar-refractivity contribution is 7.92. The molecule has 0 spiro atoms. The molecule has 0 saturated carbocycles. The zero-order valence-electron chi connectivity index (χ0n) is 15.9. The molecule has 3 aromatic rings. The Morgan fingerprint density at radius 2 is 1.67 bits per heavy atom. The van der Waals surface area contributed by atoms with Gasteiger partial charge in [-0.15, -0.1) is 0 Å². The molecule has 0 heterocycles. The lowest BCUT2D eigenvalue weighted by Crippen LogP contribution is -2.20. The SMILES string of the molecule is Cc1cccc(NC(=O)COc2ccc(S(=O)(=O)Nc3ccc(Cl)c(Cl)c3)cc2)c1. The molecule has 0 atom stereocenters. The number of amides is 1. The van der Waals surface area contributed by atoms with E-state index in [-0.39, 0.29) is 28.1 Å². The molecule has 6 nitrogen and oxygen atoms in total. The van der Waals surface area contributed by atoms with Crippen molar-refractivity contribution in [3.8, 4) is 5.75 Å². The van der Waals surface area contributed by atoms with Crippen molar-refractivity contribution in [2.24, 2.45) is 0 Å². The molecule has 0 saturated heterocycles. The Kier molecular flexibility index (Phi) is 6.87. The van der Waals surface area contributed by atoms with Crippen LogP contribution in [0.3, 0.4) is 0 Å². The fourth-order valence-electron chi connectivity index (χ4n) is 2.56. The number of carbonyl (C=O) groups is 1. The summed E-state index contributed by atoms with van der Waals surface area (Å²) in [5.74, 6) is 0.0430. The summed E-state index contributed by atoms with van der Waals surface area (Å²) in [6, 6.07) is 17.6. The van der Waals surface area contributed by atoms with Crippen LogP contribution in [-0.2, 0) is 14.8 Å². The van der Waals surface area contributed by atoms with E-state index >= 15 is 0 Å². The molecule has 9 heteroatoms. The number of benzene rings is 3. The maximum Gasteiger partial charge on any atom is 0.262 e. The summed E-state index contributed by atoms with van der Waals surface area (Å²) in [7, 11) is -3.82. The quantitative estimate of drug-likeness (QED) is 0.507. The third-order valence-corrected chi connectivity index (χ3v) is 6.11. The molecule has 0 aliphatic rings. The van der Waals surface area contributed by atoms with Gasteiger partial charge in [-0.3, -0.25) is 9.52 Å².